The van der Waals surface area contributed by atoms with Gasteiger partial charge in [0.25, 0.3) is 0 Å². The number of hydrogen-bond donors (Lipinski definition) is 1. The van der Waals surface area contributed by atoms with Gasteiger partial charge >= 0.3 is 0 Å². The van der Waals surface area contributed by atoms with Crippen molar-refractivity contribution in [2.24, 2.45) is 0 Å². The first-order valence-corrected chi connectivity index (χ1v) is 9.96. The Morgan fingerprint density at radius 1 is 1.33 bits per heavy atom. The summed E-state index contributed by atoms with van der Waals surface area (Å²) < 4.78 is 29.0. The van der Waals surface area contributed by atoms with Gasteiger partial charge in [0, 0.05) is 41.1 Å². The number of nitrogens with one attached hydrogen (secondary N) is 1. The Hall–Kier alpha value is -1.63. The highest BCUT2D eigenvalue weighted by Crippen LogP contribution is 2.24. The number of hydrogen-bond acceptors (Lipinski definition) is 5. The average molecular weight is 367 g/mol. The van der Waals surface area contributed by atoms with E-state index in [4.69, 9.17) is 16.3 Å². The van der Waals surface area contributed by atoms with Crippen LogP contribution in [-0.4, -0.2) is 30.9 Å². The van der Waals surface area contributed by atoms with Gasteiger partial charge in [-0.1, -0.05) is 17.7 Å². The van der Waals surface area contributed by atoms with E-state index in [9.17, 15) is 8.42 Å². The van der Waals surface area contributed by atoms with E-state index in [1.165, 1.54) is 0 Å². The number of benzene rings is 1. The third-order valence-electron chi connectivity index (χ3n) is 3.95. The van der Waals surface area contributed by atoms with Crippen molar-refractivity contribution < 1.29 is 13.2 Å². The Morgan fingerprint density at radius 2 is 2.21 bits per heavy atom. The van der Waals surface area contributed by atoms with E-state index in [-0.39, 0.29) is 17.5 Å². The smallest absolute Gasteiger partial charge is 0.151 e. The Kier molecular flexibility index (Phi) is 5.38. The molecule has 0 saturated carbocycles. The molecule has 24 heavy (non-hydrogen) atoms. The zero-order valence-electron chi connectivity index (χ0n) is 13.1. The molecule has 7 heteroatoms. The van der Waals surface area contributed by atoms with Gasteiger partial charge in [-0.2, -0.15) is 0 Å². The maximum atomic E-state index is 11.5. The fourth-order valence-electron chi connectivity index (χ4n) is 2.68. The molecular formula is C17H19ClN2O3S. The lowest BCUT2D eigenvalue weighted by Gasteiger charge is -2.15. The first-order chi connectivity index (χ1) is 11.5. The van der Waals surface area contributed by atoms with Crippen LogP contribution in [0.25, 0.3) is 0 Å². The van der Waals surface area contributed by atoms with Crippen LogP contribution in [0, 0.1) is 0 Å². The quantitative estimate of drug-likeness (QED) is 0.851. The van der Waals surface area contributed by atoms with E-state index < -0.39 is 9.84 Å². The largest absolute Gasteiger partial charge is 0.489 e. The lowest BCUT2D eigenvalue weighted by Crippen LogP contribution is -2.29. The van der Waals surface area contributed by atoms with E-state index in [0.29, 0.717) is 24.6 Å². The monoisotopic (exact) mass is 366 g/mol. The molecule has 1 N–H and O–H groups in total. The summed E-state index contributed by atoms with van der Waals surface area (Å²) >= 11 is 6.09. The van der Waals surface area contributed by atoms with Gasteiger partial charge in [0.05, 0.1) is 11.5 Å². The molecule has 1 aliphatic heterocycles. The molecule has 1 atom stereocenters. The molecule has 1 aliphatic rings. The molecule has 2 heterocycles. The van der Waals surface area contributed by atoms with Crippen LogP contribution in [0.5, 0.6) is 5.75 Å². The van der Waals surface area contributed by atoms with Crippen LogP contribution in [0.15, 0.2) is 42.7 Å². The SMILES string of the molecule is O=S1(=O)CC[C@H](NCc2cc(Cl)ccc2OCc2cccnc2)C1. The van der Waals surface area contributed by atoms with Crippen molar-refractivity contribution in [2.45, 2.75) is 25.6 Å². The molecule has 0 spiro atoms. The van der Waals surface area contributed by atoms with Gasteiger partial charge in [0.2, 0.25) is 0 Å². The van der Waals surface area contributed by atoms with E-state index in [2.05, 4.69) is 10.3 Å². The molecular weight excluding hydrogens is 348 g/mol. The van der Waals surface area contributed by atoms with Gasteiger partial charge in [-0.15, -0.1) is 0 Å². The predicted molar refractivity (Wildman–Crippen MR) is 93.9 cm³/mol. The Labute approximate surface area is 146 Å². The minimum absolute atomic E-state index is 0.0137. The summed E-state index contributed by atoms with van der Waals surface area (Å²) in [6, 6.07) is 9.26. The highest BCUT2D eigenvalue weighted by molar-refractivity contribution is 7.91. The number of sulfone groups is 1. The zero-order valence-corrected chi connectivity index (χ0v) is 14.7. The summed E-state index contributed by atoms with van der Waals surface area (Å²) in [5.41, 5.74) is 1.89. The van der Waals surface area contributed by atoms with E-state index >= 15 is 0 Å². The molecule has 128 valence electrons. The highest BCUT2D eigenvalue weighted by Gasteiger charge is 2.27. The molecule has 1 aromatic carbocycles. The fourth-order valence-corrected chi connectivity index (χ4v) is 4.58. The normalized spacial score (nSPS) is 19.3. The number of nitrogens with zero attached hydrogens (tertiary/aromatic N) is 1. The Morgan fingerprint density at radius 3 is 2.92 bits per heavy atom. The third kappa shape index (κ3) is 4.69. The molecule has 0 amide bonds. The minimum Gasteiger partial charge on any atom is -0.489 e. The fraction of sp³-hybridized carbons (Fsp3) is 0.353. The molecule has 2 aromatic rings. The lowest BCUT2D eigenvalue weighted by molar-refractivity contribution is 0.301. The topological polar surface area (TPSA) is 68.3 Å². The number of pyridine rings is 1. The Balaban J connectivity index is 1.64. The number of halogens is 1. The second kappa shape index (κ2) is 7.51. The van der Waals surface area contributed by atoms with Gasteiger partial charge in [0.1, 0.15) is 12.4 Å². The van der Waals surface area contributed by atoms with Gasteiger partial charge in [-0.05, 0) is 30.7 Å². The van der Waals surface area contributed by atoms with Gasteiger partial charge in [-0.3, -0.25) is 4.98 Å². The van der Waals surface area contributed by atoms with Crippen molar-refractivity contribution in [1.29, 1.82) is 0 Å². The van der Waals surface area contributed by atoms with Gasteiger partial charge < -0.3 is 10.1 Å². The summed E-state index contributed by atoms with van der Waals surface area (Å²) in [5, 5.41) is 3.91. The van der Waals surface area contributed by atoms with Crippen LogP contribution >= 0.6 is 11.6 Å². The maximum absolute atomic E-state index is 11.5. The van der Waals surface area contributed by atoms with Crippen LogP contribution < -0.4 is 10.1 Å². The van der Waals surface area contributed by atoms with E-state index in [0.717, 1.165) is 16.9 Å². The van der Waals surface area contributed by atoms with E-state index in [1.807, 2.05) is 24.3 Å². The summed E-state index contributed by atoms with van der Waals surface area (Å²) in [4.78, 5) is 4.07. The van der Waals surface area contributed by atoms with Crippen LogP contribution in [0.4, 0.5) is 0 Å². The first-order valence-electron chi connectivity index (χ1n) is 7.76. The molecule has 3 rings (SSSR count). The van der Waals surface area contributed by atoms with Gasteiger partial charge in [0.15, 0.2) is 9.84 Å². The highest BCUT2D eigenvalue weighted by atomic mass is 35.5. The van der Waals surface area contributed by atoms with Gasteiger partial charge in [-0.25, -0.2) is 8.42 Å². The summed E-state index contributed by atoms with van der Waals surface area (Å²) in [6.45, 7) is 0.934. The maximum Gasteiger partial charge on any atom is 0.151 e. The van der Waals surface area contributed by atoms with Crippen molar-refractivity contribution >= 4 is 21.4 Å². The zero-order chi connectivity index (χ0) is 17.0. The van der Waals surface area contributed by atoms with Crippen molar-refractivity contribution in [1.82, 2.24) is 10.3 Å². The first kappa shape index (κ1) is 17.2. The number of aromatic nitrogens is 1. The molecule has 1 aromatic heterocycles. The molecule has 0 bridgehead atoms. The second-order valence-electron chi connectivity index (χ2n) is 5.88. The van der Waals surface area contributed by atoms with Crippen molar-refractivity contribution in [3.05, 3.63) is 58.9 Å². The van der Waals surface area contributed by atoms with Crippen LogP contribution in [0.1, 0.15) is 17.5 Å². The van der Waals surface area contributed by atoms with Crippen molar-refractivity contribution in [3.8, 4) is 5.75 Å². The minimum atomic E-state index is -2.89. The average Bonchev–Trinajstić information content (AvgIpc) is 2.92. The van der Waals surface area contributed by atoms with Crippen LogP contribution in [0.2, 0.25) is 5.02 Å². The number of rotatable bonds is 6. The summed E-state index contributed by atoms with van der Waals surface area (Å²) in [7, 11) is -2.89. The molecule has 0 radical (unpaired) electrons. The third-order valence-corrected chi connectivity index (χ3v) is 5.96. The standard InChI is InChI=1S/C17H19ClN2O3S/c18-15-3-4-17(23-11-13-2-1-6-19-9-13)14(8-15)10-20-16-5-7-24(21,22)12-16/h1-4,6,8-9,16,20H,5,7,10-12H2/t16-/m0/s1. The molecule has 1 saturated heterocycles. The summed E-state index contributed by atoms with van der Waals surface area (Å²) in [5.74, 6) is 1.18. The van der Waals surface area contributed by atoms with Crippen molar-refractivity contribution in [2.75, 3.05) is 11.5 Å². The van der Waals surface area contributed by atoms with Crippen LogP contribution in [0.3, 0.4) is 0 Å². The summed E-state index contributed by atoms with van der Waals surface area (Å²) in [6.07, 6.45) is 4.13. The molecule has 0 aliphatic carbocycles. The second-order valence-corrected chi connectivity index (χ2v) is 8.55. The van der Waals surface area contributed by atoms with E-state index in [1.54, 1.807) is 18.5 Å². The Bertz CT molecular complexity index is 797. The number of ether oxygens (including phenoxy) is 1. The predicted octanol–water partition coefficient (Wildman–Crippen LogP) is 2.59. The van der Waals surface area contributed by atoms with Crippen molar-refractivity contribution in [3.63, 3.8) is 0 Å². The molecule has 5 nitrogen and oxygen atoms in total. The lowest BCUT2D eigenvalue weighted by atomic mass is 10.1. The molecule has 1 fully saturated rings. The van der Waals surface area contributed by atoms with Crippen LogP contribution in [-0.2, 0) is 23.0 Å². The molecule has 0 unspecified atom stereocenters.